The highest BCUT2D eigenvalue weighted by atomic mass is 16.5. The summed E-state index contributed by atoms with van der Waals surface area (Å²) in [6, 6.07) is 15.1. The van der Waals surface area contributed by atoms with Gasteiger partial charge >= 0.3 is 12.1 Å². The number of imide groups is 1. The Labute approximate surface area is 245 Å². The van der Waals surface area contributed by atoms with E-state index in [1.54, 1.807) is 4.90 Å². The van der Waals surface area contributed by atoms with E-state index in [9.17, 15) is 19.2 Å². The molecule has 42 heavy (non-hydrogen) atoms. The van der Waals surface area contributed by atoms with E-state index >= 15 is 0 Å². The molecule has 0 spiro atoms. The molecule has 5 amide bonds. The highest BCUT2D eigenvalue weighted by molar-refractivity contribution is 5.97. The lowest BCUT2D eigenvalue weighted by atomic mass is 9.91. The molecule has 3 unspecified atom stereocenters. The number of nitrogens with zero attached hydrogens (tertiary/aromatic N) is 2. The van der Waals surface area contributed by atoms with E-state index in [0.717, 1.165) is 22.0 Å². The van der Waals surface area contributed by atoms with Gasteiger partial charge in [0.05, 0.1) is 19.2 Å². The van der Waals surface area contributed by atoms with Crippen molar-refractivity contribution < 1.29 is 23.9 Å². The van der Waals surface area contributed by atoms with Crippen LogP contribution < -0.4 is 10.6 Å². The number of aromatic nitrogens is 1. The Morgan fingerprint density at radius 3 is 2.57 bits per heavy atom. The average molecular weight is 574 g/mol. The lowest BCUT2D eigenvalue weighted by Crippen LogP contribution is -2.66. The second kappa shape index (κ2) is 12.3. The molecule has 222 valence electrons. The van der Waals surface area contributed by atoms with Crippen molar-refractivity contribution in [3.8, 4) is 0 Å². The van der Waals surface area contributed by atoms with Gasteiger partial charge in [-0.15, -0.1) is 0 Å². The van der Waals surface area contributed by atoms with Crippen molar-refractivity contribution in [3.05, 3.63) is 71.9 Å². The van der Waals surface area contributed by atoms with Gasteiger partial charge in [0.15, 0.2) is 0 Å². The maximum absolute atomic E-state index is 13.8. The number of fused-ring (bicyclic) bond motifs is 2. The van der Waals surface area contributed by atoms with Crippen molar-refractivity contribution in [2.75, 3.05) is 13.2 Å². The Morgan fingerprint density at radius 1 is 1.07 bits per heavy atom. The number of urea groups is 1. The largest absolute Gasteiger partial charge is 0.449 e. The van der Waals surface area contributed by atoms with E-state index < -0.39 is 24.2 Å². The first-order valence-corrected chi connectivity index (χ1v) is 14.5. The van der Waals surface area contributed by atoms with Crippen LogP contribution in [0.4, 0.5) is 9.59 Å². The minimum Gasteiger partial charge on any atom is -0.449 e. The number of benzene rings is 2. The van der Waals surface area contributed by atoms with Gasteiger partial charge in [-0.2, -0.15) is 0 Å². The summed E-state index contributed by atoms with van der Waals surface area (Å²) in [4.78, 5) is 59.3. The van der Waals surface area contributed by atoms with Crippen LogP contribution in [-0.2, 0) is 27.3 Å². The molecule has 0 radical (unpaired) electrons. The van der Waals surface area contributed by atoms with Crippen LogP contribution in [0, 0.1) is 5.41 Å². The number of ether oxygens (including phenoxy) is 1. The molecule has 0 bridgehead atoms. The minimum absolute atomic E-state index is 0.123. The van der Waals surface area contributed by atoms with Gasteiger partial charge in [0.1, 0.15) is 6.04 Å². The Hall–Kier alpha value is -4.34. The number of H-pyrrole nitrogens is 1. The molecule has 5 rings (SSSR count). The molecular weight excluding hydrogens is 534 g/mol. The van der Waals surface area contributed by atoms with E-state index in [2.05, 4.69) is 15.6 Å². The van der Waals surface area contributed by atoms with Crippen molar-refractivity contribution in [2.24, 2.45) is 5.41 Å². The third kappa shape index (κ3) is 6.75. The number of hydrogen-bond donors (Lipinski definition) is 3. The second-order valence-corrected chi connectivity index (χ2v) is 12.4. The van der Waals surface area contributed by atoms with E-state index in [0.29, 0.717) is 19.4 Å². The Balaban J connectivity index is 1.31. The first-order valence-electron chi connectivity index (χ1n) is 14.5. The van der Waals surface area contributed by atoms with Crippen LogP contribution in [0.25, 0.3) is 10.9 Å². The summed E-state index contributed by atoms with van der Waals surface area (Å²) in [5.41, 5.74) is 2.46. The predicted octanol–water partition coefficient (Wildman–Crippen LogP) is 4.35. The third-order valence-corrected chi connectivity index (χ3v) is 7.80. The van der Waals surface area contributed by atoms with Gasteiger partial charge in [0, 0.05) is 42.5 Å². The monoisotopic (exact) mass is 573 g/mol. The fraction of sp³-hybridized carbons (Fsp3) is 0.438. The van der Waals surface area contributed by atoms with Crippen molar-refractivity contribution in [1.82, 2.24) is 25.4 Å². The summed E-state index contributed by atoms with van der Waals surface area (Å²) in [7, 11) is 0. The number of rotatable bonds is 8. The maximum atomic E-state index is 13.8. The summed E-state index contributed by atoms with van der Waals surface area (Å²) >= 11 is 0. The molecule has 3 aromatic rings. The van der Waals surface area contributed by atoms with Gasteiger partial charge in [0.25, 0.3) is 0 Å². The molecule has 1 aromatic heterocycles. The molecule has 3 N–H and O–H groups in total. The normalized spacial score (nSPS) is 19.8. The smallest absolute Gasteiger partial charge is 0.407 e. The zero-order chi connectivity index (χ0) is 29.9. The van der Waals surface area contributed by atoms with Gasteiger partial charge in [-0.3, -0.25) is 14.5 Å². The topological polar surface area (TPSA) is 124 Å². The van der Waals surface area contributed by atoms with Crippen LogP contribution in [0.1, 0.15) is 51.2 Å². The van der Waals surface area contributed by atoms with E-state index in [1.165, 1.54) is 4.90 Å². The zero-order valence-electron chi connectivity index (χ0n) is 24.4. The van der Waals surface area contributed by atoms with Crippen molar-refractivity contribution in [1.29, 1.82) is 0 Å². The summed E-state index contributed by atoms with van der Waals surface area (Å²) in [6.45, 7) is 6.80. The number of carbonyl (C=O) groups excluding carboxylic acids is 4. The number of hydrogen-bond acceptors (Lipinski definition) is 5. The summed E-state index contributed by atoms with van der Waals surface area (Å²) in [6.07, 6.45) is 2.85. The predicted molar refractivity (Wildman–Crippen MR) is 158 cm³/mol. The first-order chi connectivity index (χ1) is 20.1. The molecule has 10 nitrogen and oxygen atoms in total. The lowest BCUT2D eigenvalue weighted by Gasteiger charge is -2.46. The molecule has 3 atom stereocenters. The Morgan fingerprint density at radius 2 is 1.81 bits per heavy atom. The molecule has 10 heteroatoms. The first kappa shape index (κ1) is 29.2. The quantitative estimate of drug-likeness (QED) is 0.370. The summed E-state index contributed by atoms with van der Waals surface area (Å²) < 4.78 is 5.42. The van der Waals surface area contributed by atoms with E-state index in [4.69, 9.17) is 4.74 Å². The second-order valence-electron chi connectivity index (χ2n) is 12.4. The summed E-state index contributed by atoms with van der Waals surface area (Å²) in [5.74, 6) is -0.642. The fourth-order valence-electron chi connectivity index (χ4n) is 5.67. The van der Waals surface area contributed by atoms with Crippen LogP contribution >= 0.6 is 0 Å². The highest BCUT2D eigenvalue weighted by Gasteiger charge is 2.45. The molecule has 0 saturated carbocycles. The van der Waals surface area contributed by atoms with Gasteiger partial charge in [-0.25, -0.2) is 9.59 Å². The molecular formula is C32H39N5O5. The highest BCUT2D eigenvalue weighted by Crippen LogP contribution is 2.28. The van der Waals surface area contributed by atoms with Crippen LogP contribution in [0.3, 0.4) is 0 Å². The third-order valence-electron chi connectivity index (χ3n) is 7.80. The zero-order valence-corrected chi connectivity index (χ0v) is 24.4. The number of para-hydroxylation sites is 1. The van der Waals surface area contributed by atoms with Crippen LogP contribution in [0.5, 0.6) is 0 Å². The lowest BCUT2D eigenvalue weighted by molar-refractivity contribution is -0.135. The number of alkyl carbamates (subject to hydrolysis) is 1. The average Bonchev–Trinajstić information content (AvgIpc) is 3.37. The van der Waals surface area contributed by atoms with Gasteiger partial charge in [0.2, 0.25) is 11.8 Å². The number of carbonyl (C=O) groups is 4. The van der Waals surface area contributed by atoms with Gasteiger partial charge in [-0.1, -0.05) is 69.3 Å². The molecule has 2 aliphatic heterocycles. The van der Waals surface area contributed by atoms with Crippen LogP contribution in [0.2, 0.25) is 0 Å². The summed E-state index contributed by atoms with van der Waals surface area (Å²) in [5, 5.41) is 6.80. The molecule has 3 heterocycles. The Bertz CT molecular complexity index is 1450. The molecule has 2 fully saturated rings. The fourth-order valence-corrected chi connectivity index (χ4v) is 5.67. The molecule has 2 saturated heterocycles. The molecule has 0 aliphatic carbocycles. The van der Waals surface area contributed by atoms with Crippen molar-refractivity contribution in [2.45, 2.75) is 71.1 Å². The number of aromatic amines is 1. The van der Waals surface area contributed by atoms with Gasteiger partial charge in [-0.05, 0) is 35.4 Å². The van der Waals surface area contributed by atoms with Crippen LogP contribution in [0.15, 0.2) is 60.8 Å². The standard InChI is InChI=1S/C32H39N5O5/c1-32(2,3)20-42-30(40)35-26(16-22-18-33-24-13-8-7-12-23(22)24)29(39)34-25-14-9-15-36-27(25)17-28(38)37(31(36)41)19-21-10-5-4-6-11-21/h4-8,10-13,18,25-27,33H,9,14-17,19-20H2,1-3H3,(H,34,39)(H,35,40). The van der Waals surface area contributed by atoms with Crippen molar-refractivity contribution in [3.63, 3.8) is 0 Å². The minimum atomic E-state index is -0.920. The molecule has 2 aliphatic rings. The van der Waals surface area contributed by atoms with E-state index in [-0.39, 0.29) is 49.3 Å². The van der Waals surface area contributed by atoms with Gasteiger partial charge < -0.3 is 25.3 Å². The Kier molecular flexibility index (Phi) is 8.51. The number of amides is 5. The number of nitrogens with one attached hydrogen (secondary N) is 3. The SMILES string of the molecule is CC(C)(C)COC(=O)NC(Cc1c[nH]c2ccccc12)C(=O)NC1CCCN2C(=O)N(Cc3ccccc3)C(=O)CC12. The molecule has 2 aromatic carbocycles. The maximum Gasteiger partial charge on any atom is 0.407 e. The van der Waals surface area contributed by atoms with Crippen LogP contribution in [-0.4, -0.2) is 70.0 Å². The number of piperidine rings is 1. The van der Waals surface area contributed by atoms with Crippen molar-refractivity contribution >= 4 is 34.8 Å². The van der Waals surface area contributed by atoms with E-state index in [1.807, 2.05) is 81.6 Å².